The number of carbonyl (C=O) groups is 1. The zero-order valence-corrected chi connectivity index (χ0v) is 11.3. The number of ether oxygens (including phenoxy) is 2. The maximum Gasteiger partial charge on any atom is 0.187 e. The lowest BCUT2D eigenvalue weighted by Gasteiger charge is -2.14. The molecule has 1 rings (SSSR count). The van der Waals surface area contributed by atoms with Gasteiger partial charge in [0.25, 0.3) is 0 Å². The molecule has 19 heavy (non-hydrogen) atoms. The highest BCUT2D eigenvalue weighted by Gasteiger charge is 2.43. The molecule has 1 aliphatic heterocycles. The molecule has 1 aliphatic rings. The highest BCUT2D eigenvalue weighted by Crippen LogP contribution is 2.21. The van der Waals surface area contributed by atoms with Crippen molar-refractivity contribution in [3.05, 3.63) is 0 Å². The van der Waals surface area contributed by atoms with Gasteiger partial charge in [0.05, 0.1) is 6.61 Å². The van der Waals surface area contributed by atoms with Crippen molar-refractivity contribution in [3.63, 3.8) is 0 Å². The number of unbranched alkanes of at least 4 members (excludes halogenated alkanes) is 3. The summed E-state index contributed by atoms with van der Waals surface area (Å²) in [6, 6.07) is 0. The minimum Gasteiger partial charge on any atom is -0.394 e. The smallest absolute Gasteiger partial charge is 0.187 e. The Balaban J connectivity index is 2.20. The average Bonchev–Trinajstić information content (AvgIpc) is 2.68. The molecule has 0 aliphatic carbocycles. The molecule has 112 valence electrons. The van der Waals surface area contributed by atoms with Gasteiger partial charge in [0.1, 0.15) is 24.9 Å². The molecule has 1 fully saturated rings. The minimum absolute atomic E-state index is 0.0474. The van der Waals surface area contributed by atoms with Crippen LogP contribution >= 0.6 is 0 Å². The second kappa shape index (κ2) is 8.60. The van der Waals surface area contributed by atoms with E-state index in [1.807, 2.05) is 0 Å². The van der Waals surface area contributed by atoms with Crippen molar-refractivity contribution in [1.82, 2.24) is 0 Å². The summed E-state index contributed by atoms with van der Waals surface area (Å²) in [5, 5.41) is 28.0. The van der Waals surface area contributed by atoms with E-state index in [0.29, 0.717) is 6.42 Å². The van der Waals surface area contributed by atoms with Gasteiger partial charge >= 0.3 is 0 Å². The van der Waals surface area contributed by atoms with Crippen LogP contribution in [0.4, 0.5) is 0 Å². The van der Waals surface area contributed by atoms with Crippen LogP contribution in [0.15, 0.2) is 0 Å². The van der Waals surface area contributed by atoms with Crippen molar-refractivity contribution < 1.29 is 29.6 Å². The number of Topliss-reactive ketones (excluding diaryl/α,β-unsaturated/α-hetero) is 1. The summed E-state index contributed by atoms with van der Waals surface area (Å²) in [6.45, 7) is 1.56. The first-order valence-corrected chi connectivity index (χ1v) is 6.85. The lowest BCUT2D eigenvalue weighted by Crippen LogP contribution is -2.35. The predicted molar refractivity (Wildman–Crippen MR) is 67.5 cm³/mol. The Morgan fingerprint density at radius 2 is 1.95 bits per heavy atom. The second-order valence-corrected chi connectivity index (χ2v) is 4.87. The number of aliphatic hydroxyl groups is 3. The van der Waals surface area contributed by atoms with Gasteiger partial charge in [-0.1, -0.05) is 26.2 Å². The zero-order valence-electron chi connectivity index (χ0n) is 11.3. The molecule has 0 spiro atoms. The first-order valence-electron chi connectivity index (χ1n) is 6.85. The van der Waals surface area contributed by atoms with Crippen LogP contribution in [0.2, 0.25) is 0 Å². The zero-order chi connectivity index (χ0) is 14.3. The van der Waals surface area contributed by atoms with Crippen LogP contribution in [0.1, 0.15) is 39.0 Å². The number of hydrogen-bond donors (Lipinski definition) is 3. The molecule has 6 nitrogen and oxygen atoms in total. The van der Waals surface area contributed by atoms with Gasteiger partial charge in [-0.2, -0.15) is 0 Å². The van der Waals surface area contributed by atoms with Crippen LogP contribution in [-0.2, 0) is 14.3 Å². The highest BCUT2D eigenvalue weighted by atomic mass is 16.7. The van der Waals surface area contributed by atoms with Crippen LogP contribution in [0.3, 0.4) is 0 Å². The average molecular weight is 276 g/mol. The Bertz CT molecular complexity index is 270. The molecule has 1 heterocycles. The number of ketones is 1. The van der Waals surface area contributed by atoms with Crippen LogP contribution in [0.25, 0.3) is 0 Å². The summed E-state index contributed by atoms with van der Waals surface area (Å²) >= 11 is 0. The molecule has 4 atom stereocenters. The van der Waals surface area contributed by atoms with Gasteiger partial charge in [0.15, 0.2) is 12.1 Å². The van der Waals surface area contributed by atoms with E-state index in [-0.39, 0.29) is 12.4 Å². The fourth-order valence-corrected chi connectivity index (χ4v) is 2.00. The molecule has 0 aromatic carbocycles. The lowest BCUT2D eigenvalue weighted by molar-refractivity contribution is -0.174. The maximum absolute atomic E-state index is 11.5. The quantitative estimate of drug-likeness (QED) is 0.512. The van der Waals surface area contributed by atoms with Crippen molar-refractivity contribution in [3.8, 4) is 0 Å². The number of aliphatic hydroxyl groups excluding tert-OH is 3. The molecule has 0 unspecified atom stereocenters. The van der Waals surface area contributed by atoms with Gasteiger partial charge in [-0.25, -0.2) is 0 Å². The van der Waals surface area contributed by atoms with Crippen molar-refractivity contribution in [2.24, 2.45) is 0 Å². The van der Waals surface area contributed by atoms with Gasteiger partial charge in [0.2, 0.25) is 0 Å². The monoisotopic (exact) mass is 276 g/mol. The van der Waals surface area contributed by atoms with Crippen molar-refractivity contribution in [2.45, 2.75) is 63.6 Å². The van der Waals surface area contributed by atoms with Crippen LogP contribution < -0.4 is 0 Å². The molecule has 0 radical (unpaired) electrons. The maximum atomic E-state index is 11.5. The fourth-order valence-electron chi connectivity index (χ4n) is 2.00. The number of rotatable bonds is 9. The highest BCUT2D eigenvalue weighted by molar-refractivity contribution is 5.79. The predicted octanol–water partition coefficient (Wildman–Crippen LogP) is -0.0185. The second-order valence-electron chi connectivity index (χ2n) is 4.87. The molecular formula is C13H24O6. The minimum atomic E-state index is -1.23. The van der Waals surface area contributed by atoms with Crippen molar-refractivity contribution in [1.29, 1.82) is 0 Å². The van der Waals surface area contributed by atoms with Gasteiger partial charge in [-0.3, -0.25) is 4.79 Å². The summed E-state index contributed by atoms with van der Waals surface area (Å²) < 4.78 is 10.2. The molecule has 0 bridgehead atoms. The van der Waals surface area contributed by atoms with E-state index >= 15 is 0 Å². The van der Waals surface area contributed by atoms with E-state index in [1.165, 1.54) is 0 Å². The van der Waals surface area contributed by atoms with Crippen LogP contribution in [0.5, 0.6) is 0 Å². The Hall–Kier alpha value is -0.530. The molecule has 0 amide bonds. The molecule has 1 saturated heterocycles. The van der Waals surface area contributed by atoms with Crippen molar-refractivity contribution in [2.75, 3.05) is 13.2 Å². The number of carbonyl (C=O) groups excluding carboxylic acids is 1. The molecule has 0 aromatic rings. The van der Waals surface area contributed by atoms with Gasteiger partial charge < -0.3 is 24.8 Å². The normalized spacial score (nSPS) is 30.7. The number of hydrogen-bond acceptors (Lipinski definition) is 6. The first-order chi connectivity index (χ1) is 9.10. The first kappa shape index (κ1) is 16.5. The van der Waals surface area contributed by atoms with E-state index in [0.717, 1.165) is 25.7 Å². The molecule has 0 saturated carbocycles. The SMILES string of the molecule is CCCCCCC(=O)CO[C@H]1O[C@H](CO)[C@H](O)[C@H]1O. The van der Waals surface area contributed by atoms with Gasteiger partial charge in [-0.15, -0.1) is 0 Å². The summed E-state index contributed by atoms with van der Waals surface area (Å²) in [5.41, 5.74) is 0. The molecule has 0 aromatic heterocycles. The third kappa shape index (κ3) is 5.16. The van der Waals surface area contributed by atoms with Gasteiger partial charge in [-0.05, 0) is 6.42 Å². The largest absolute Gasteiger partial charge is 0.394 e. The Morgan fingerprint density at radius 3 is 2.53 bits per heavy atom. The summed E-state index contributed by atoms with van der Waals surface area (Å²) in [4.78, 5) is 11.5. The fraction of sp³-hybridized carbons (Fsp3) is 0.923. The third-order valence-corrected chi connectivity index (χ3v) is 3.22. The lowest BCUT2D eigenvalue weighted by atomic mass is 10.1. The Kier molecular flexibility index (Phi) is 7.48. The molecular weight excluding hydrogens is 252 g/mol. The van der Waals surface area contributed by atoms with E-state index in [4.69, 9.17) is 14.6 Å². The summed E-state index contributed by atoms with van der Waals surface area (Å²) in [7, 11) is 0. The van der Waals surface area contributed by atoms with E-state index in [9.17, 15) is 15.0 Å². The molecule has 3 N–H and O–H groups in total. The van der Waals surface area contributed by atoms with Crippen LogP contribution in [-0.4, -0.2) is 58.9 Å². The van der Waals surface area contributed by atoms with Gasteiger partial charge in [0, 0.05) is 6.42 Å². The van der Waals surface area contributed by atoms with Crippen LogP contribution in [0, 0.1) is 0 Å². The Morgan fingerprint density at radius 1 is 1.21 bits per heavy atom. The van der Waals surface area contributed by atoms with Crippen molar-refractivity contribution >= 4 is 5.78 Å². The Labute approximate surface area is 113 Å². The van der Waals surface area contributed by atoms with E-state index < -0.39 is 31.2 Å². The third-order valence-electron chi connectivity index (χ3n) is 3.22. The summed E-state index contributed by atoms with van der Waals surface area (Å²) in [6.07, 6.45) is 0.221. The topological polar surface area (TPSA) is 96.2 Å². The van der Waals surface area contributed by atoms with E-state index in [2.05, 4.69) is 6.92 Å². The van der Waals surface area contributed by atoms with E-state index in [1.54, 1.807) is 0 Å². The standard InChI is InChI=1S/C13H24O6/c1-2-3-4-5-6-9(15)8-18-13-12(17)11(16)10(7-14)19-13/h10-14,16-17H,2-8H2,1H3/t10-,11+,12-,13+/m1/s1. The summed E-state index contributed by atoms with van der Waals surface area (Å²) in [5.74, 6) is -0.0474. The molecule has 6 heteroatoms.